The van der Waals surface area contributed by atoms with Crippen molar-refractivity contribution in [2.24, 2.45) is 11.3 Å². The van der Waals surface area contributed by atoms with Crippen LogP contribution in [0.1, 0.15) is 51.7 Å². The van der Waals surface area contributed by atoms with E-state index in [-0.39, 0.29) is 0 Å². The number of nitrogens with zero attached hydrogens (tertiary/aromatic N) is 3. The number of hydrogen-bond acceptors (Lipinski definition) is 5. The van der Waals surface area contributed by atoms with Crippen molar-refractivity contribution in [1.82, 2.24) is 15.0 Å². The van der Waals surface area contributed by atoms with Gasteiger partial charge in [-0.25, -0.2) is 0 Å². The summed E-state index contributed by atoms with van der Waals surface area (Å²) in [5.74, 6) is 1.11. The highest BCUT2D eigenvalue weighted by Gasteiger charge is 2.40. The molecule has 0 saturated carbocycles. The Labute approximate surface area is 125 Å². The van der Waals surface area contributed by atoms with Crippen LogP contribution in [0.3, 0.4) is 0 Å². The van der Waals surface area contributed by atoms with Crippen LogP contribution < -0.4 is 0 Å². The minimum absolute atomic E-state index is 0.480. The molecule has 0 amide bonds. The molecule has 1 unspecified atom stereocenters. The maximum absolute atomic E-state index is 11.6. The van der Waals surface area contributed by atoms with Crippen molar-refractivity contribution in [2.75, 3.05) is 13.1 Å². The number of carboxylic acid groups (broad SMARTS) is 1. The Bertz CT molecular complexity index is 486. The average molecular weight is 295 g/mol. The summed E-state index contributed by atoms with van der Waals surface area (Å²) in [5, 5.41) is 13.5. The summed E-state index contributed by atoms with van der Waals surface area (Å²) in [4.78, 5) is 18.1. The van der Waals surface area contributed by atoms with E-state index in [2.05, 4.69) is 28.9 Å². The van der Waals surface area contributed by atoms with Gasteiger partial charge in [-0.05, 0) is 31.7 Å². The molecule has 1 aliphatic heterocycles. The maximum atomic E-state index is 11.6. The number of carbonyl (C=O) groups is 1. The lowest BCUT2D eigenvalue weighted by Gasteiger charge is -2.38. The minimum Gasteiger partial charge on any atom is -0.481 e. The predicted octanol–water partition coefficient (Wildman–Crippen LogP) is 2.34. The van der Waals surface area contributed by atoms with Gasteiger partial charge in [0.15, 0.2) is 5.82 Å². The van der Waals surface area contributed by atoms with Crippen molar-refractivity contribution in [3.05, 3.63) is 11.7 Å². The molecule has 118 valence electrons. The lowest BCUT2D eigenvalue weighted by molar-refractivity contribution is -0.153. The van der Waals surface area contributed by atoms with Crippen molar-refractivity contribution >= 4 is 5.97 Å². The first kappa shape index (κ1) is 15.9. The molecule has 0 aliphatic carbocycles. The van der Waals surface area contributed by atoms with Crippen LogP contribution in [0.15, 0.2) is 4.52 Å². The van der Waals surface area contributed by atoms with Crippen LogP contribution in [-0.4, -0.2) is 39.2 Å². The fraction of sp³-hybridized carbons (Fsp3) is 0.800. The largest absolute Gasteiger partial charge is 0.481 e. The summed E-state index contributed by atoms with van der Waals surface area (Å²) in [5.41, 5.74) is -0.622. The lowest BCUT2D eigenvalue weighted by atomic mass is 9.77. The van der Waals surface area contributed by atoms with Gasteiger partial charge in [0.25, 0.3) is 0 Å². The topological polar surface area (TPSA) is 79.5 Å². The molecule has 1 atom stereocenters. The Morgan fingerprint density at radius 2 is 2.29 bits per heavy atom. The SMILES string of the molecule is CCC1(C(=O)O)CCCN(Cc2noc(CC(C)C)n2)C1. The van der Waals surface area contributed by atoms with Gasteiger partial charge in [0.1, 0.15) is 0 Å². The highest BCUT2D eigenvalue weighted by atomic mass is 16.5. The quantitative estimate of drug-likeness (QED) is 0.867. The molecule has 1 aliphatic rings. The summed E-state index contributed by atoms with van der Waals surface area (Å²) < 4.78 is 5.24. The number of aromatic nitrogens is 2. The van der Waals surface area contributed by atoms with Crippen molar-refractivity contribution < 1.29 is 14.4 Å². The van der Waals surface area contributed by atoms with Crippen molar-refractivity contribution in [2.45, 2.75) is 53.0 Å². The van der Waals surface area contributed by atoms with Crippen molar-refractivity contribution in [1.29, 1.82) is 0 Å². The fourth-order valence-electron chi connectivity index (χ4n) is 2.96. The summed E-state index contributed by atoms with van der Waals surface area (Å²) in [6.07, 6.45) is 3.09. The first-order chi connectivity index (χ1) is 9.95. The minimum atomic E-state index is -0.691. The van der Waals surface area contributed by atoms with Crippen LogP contribution in [0.2, 0.25) is 0 Å². The maximum Gasteiger partial charge on any atom is 0.310 e. The third-order valence-electron chi connectivity index (χ3n) is 4.24. The number of rotatable bonds is 6. The summed E-state index contributed by atoms with van der Waals surface area (Å²) in [6.45, 7) is 8.19. The molecule has 1 aromatic rings. The monoisotopic (exact) mass is 295 g/mol. The van der Waals surface area contributed by atoms with Gasteiger partial charge in [-0.1, -0.05) is 25.9 Å². The zero-order valence-electron chi connectivity index (χ0n) is 13.1. The second-order valence-electron chi connectivity index (χ2n) is 6.46. The number of hydrogen-bond donors (Lipinski definition) is 1. The Hall–Kier alpha value is -1.43. The molecule has 2 heterocycles. The molecule has 2 rings (SSSR count). The Balaban J connectivity index is 1.99. The van der Waals surface area contributed by atoms with Crippen molar-refractivity contribution in [3.8, 4) is 0 Å². The van der Waals surface area contributed by atoms with Gasteiger partial charge >= 0.3 is 5.97 Å². The second-order valence-corrected chi connectivity index (χ2v) is 6.46. The zero-order chi connectivity index (χ0) is 15.5. The molecule has 6 nitrogen and oxygen atoms in total. The molecular formula is C15H25N3O3. The third-order valence-corrected chi connectivity index (χ3v) is 4.24. The standard InChI is InChI=1S/C15H25N3O3/c1-4-15(14(19)20)6-5-7-18(10-15)9-12-16-13(21-17-12)8-11(2)3/h11H,4-10H2,1-3H3,(H,19,20). The molecule has 0 spiro atoms. The summed E-state index contributed by atoms with van der Waals surface area (Å²) in [7, 11) is 0. The van der Waals surface area contributed by atoms with Crippen LogP contribution in [0, 0.1) is 11.3 Å². The second kappa shape index (κ2) is 6.56. The molecule has 0 aromatic carbocycles. The summed E-state index contributed by atoms with van der Waals surface area (Å²) >= 11 is 0. The first-order valence-electron chi connectivity index (χ1n) is 7.72. The number of piperidine rings is 1. The average Bonchev–Trinajstić information content (AvgIpc) is 2.85. The van der Waals surface area contributed by atoms with E-state index in [4.69, 9.17) is 4.52 Å². The normalized spacial score (nSPS) is 23.6. The number of likely N-dealkylation sites (tertiary alicyclic amines) is 1. The molecule has 6 heteroatoms. The van der Waals surface area contributed by atoms with Gasteiger partial charge in [0.2, 0.25) is 5.89 Å². The molecule has 1 N–H and O–H groups in total. The smallest absolute Gasteiger partial charge is 0.310 e. The van der Waals surface area contributed by atoms with Gasteiger partial charge in [-0.15, -0.1) is 0 Å². The van der Waals surface area contributed by atoms with Gasteiger partial charge in [-0.3, -0.25) is 9.69 Å². The Morgan fingerprint density at radius 1 is 1.52 bits per heavy atom. The van der Waals surface area contributed by atoms with Gasteiger partial charge < -0.3 is 9.63 Å². The van der Waals surface area contributed by atoms with E-state index in [1.165, 1.54) is 0 Å². The fourth-order valence-corrected chi connectivity index (χ4v) is 2.96. The molecular weight excluding hydrogens is 270 g/mol. The van der Waals surface area contributed by atoms with Crippen LogP contribution >= 0.6 is 0 Å². The molecule has 1 aromatic heterocycles. The molecule has 0 radical (unpaired) electrons. The van der Waals surface area contributed by atoms with E-state index in [0.29, 0.717) is 37.1 Å². The molecule has 0 bridgehead atoms. The van der Waals surface area contributed by atoms with E-state index >= 15 is 0 Å². The molecule has 21 heavy (non-hydrogen) atoms. The predicted molar refractivity (Wildman–Crippen MR) is 77.7 cm³/mol. The lowest BCUT2D eigenvalue weighted by Crippen LogP contribution is -2.47. The third kappa shape index (κ3) is 3.81. The van der Waals surface area contributed by atoms with Crippen LogP contribution in [0.4, 0.5) is 0 Å². The van der Waals surface area contributed by atoms with Crippen LogP contribution in [0.25, 0.3) is 0 Å². The number of carboxylic acids is 1. The van der Waals surface area contributed by atoms with E-state index in [1.54, 1.807) is 0 Å². The highest BCUT2D eigenvalue weighted by molar-refractivity contribution is 5.75. The Morgan fingerprint density at radius 3 is 2.90 bits per heavy atom. The molecule has 1 fully saturated rings. The number of aliphatic carboxylic acids is 1. The molecule has 1 saturated heterocycles. The van der Waals surface area contributed by atoms with Crippen LogP contribution in [0.5, 0.6) is 0 Å². The Kier molecular flexibility index (Phi) is 4.98. The van der Waals surface area contributed by atoms with E-state index in [9.17, 15) is 9.90 Å². The van der Waals surface area contributed by atoms with Gasteiger partial charge in [0, 0.05) is 13.0 Å². The summed E-state index contributed by atoms with van der Waals surface area (Å²) in [6, 6.07) is 0. The van der Waals surface area contributed by atoms with E-state index in [0.717, 1.165) is 25.8 Å². The first-order valence-corrected chi connectivity index (χ1v) is 7.72. The van der Waals surface area contributed by atoms with E-state index in [1.807, 2.05) is 6.92 Å². The van der Waals surface area contributed by atoms with E-state index < -0.39 is 11.4 Å². The van der Waals surface area contributed by atoms with Gasteiger partial charge in [-0.2, -0.15) is 4.98 Å². The van der Waals surface area contributed by atoms with Crippen molar-refractivity contribution in [3.63, 3.8) is 0 Å². The highest BCUT2D eigenvalue weighted by Crippen LogP contribution is 2.34. The zero-order valence-corrected chi connectivity index (χ0v) is 13.1. The van der Waals surface area contributed by atoms with Crippen LogP contribution in [-0.2, 0) is 17.8 Å². The van der Waals surface area contributed by atoms with Gasteiger partial charge in [0.05, 0.1) is 12.0 Å².